The van der Waals surface area contributed by atoms with Gasteiger partial charge in [0.05, 0.1) is 28.1 Å². The van der Waals surface area contributed by atoms with Gasteiger partial charge in [0.25, 0.3) is 0 Å². The third kappa shape index (κ3) is 4.82. The van der Waals surface area contributed by atoms with Crippen LogP contribution in [0.1, 0.15) is 63.5 Å². The Morgan fingerprint density at radius 1 is 0.574 bits per heavy atom. The molecule has 8 rings (SSSR count). The van der Waals surface area contributed by atoms with Gasteiger partial charge in [-0.15, -0.1) is 0 Å². The molecule has 3 aromatic heterocycles. The van der Waals surface area contributed by atoms with Crippen LogP contribution in [0.4, 0.5) is 17.1 Å². The SMILES string of the molecule is CCCCC1(CCCC)c2ccccc2N(c2ccc3c4ccccc4n(-c4ccccn4)c3c2)c2cc(-c3ccccn3)ccc21. The van der Waals surface area contributed by atoms with Crippen molar-refractivity contribution in [2.24, 2.45) is 0 Å². The highest BCUT2D eigenvalue weighted by Crippen LogP contribution is 2.57. The van der Waals surface area contributed by atoms with Crippen LogP contribution < -0.4 is 4.90 Å². The van der Waals surface area contributed by atoms with Crippen LogP contribution in [0, 0.1) is 0 Å². The van der Waals surface area contributed by atoms with Gasteiger partial charge in [-0.2, -0.15) is 0 Å². The summed E-state index contributed by atoms with van der Waals surface area (Å²) in [5.41, 5.74) is 10.9. The van der Waals surface area contributed by atoms with E-state index >= 15 is 0 Å². The van der Waals surface area contributed by atoms with E-state index in [1.54, 1.807) is 0 Å². The van der Waals surface area contributed by atoms with Crippen LogP contribution in [0.2, 0.25) is 0 Å². The standard InChI is InChI=1S/C43H40N4/c1-3-5-25-43(26-6-4-2)35-16-8-10-19-39(35)46(41-29-31(21-24-36(41)43)37-17-11-13-27-44-37)32-22-23-34-33-15-7-9-18-38(33)47(40(34)30-32)42-20-12-14-28-45-42/h7-24,27-30H,3-6,25-26H2,1-2H3. The lowest BCUT2D eigenvalue weighted by atomic mass is 9.65. The fourth-order valence-electron chi connectivity index (χ4n) is 7.89. The predicted molar refractivity (Wildman–Crippen MR) is 196 cm³/mol. The average Bonchev–Trinajstić information content (AvgIpc) is 3.47. The highest BCUT2D eigenvalue weighted by molar-refractivity contribution is 6.10. The smallest absolute Gasteiger partial charge is 0.137 e. The van der Waals surface area contributed by atoms with Gasteiger partial charge in [-0.1, -0.05) is 106 Å². The molecule has 0 radical (unpaired) electrons. The molecular weight excluding hydrogens is 573 g/mol. The van der Waals surface area contributed by atoms with E-state index in [1.807, 2.05) is 24.5 Å². The summed E-state index contributed by atoms with van der Waals surface area (Å²) in [6, 6.07) is 44.2. The third-order valence-electron chi connectivity index (χ3n) is 10.1. The van der Waals surface area contributed by atoms with Gasteiger partial charge in [-0.3, -0.25) is 9.55 Å². The van der Waals surface area contributed by atoms with Gasteiger partial charge in [0.2, 0.25) is 0 Å². The average molecular weight is 613 g/mol. The first-order valence-corrected chi connectivity index (χ1v) is 17.1. The molecule has 1 aliphatic heterocycles. The van der Waals surface area contributed by atoms with Gasteiger partial charge in [0.1, 0.15) is 5.82 Å². The van der Waals surface area contributed by atoms with E-state index in [0.29, 0.717) is 0 Å². The second kappa shape index (κ2) is 12.2. The minimum atomic E-state index is -0.0515. The van der Waals surface area contributed by atoms with E-state index in [4.69, 9.17) is 9.97 Å². The van der Waals surface area contributed by atoms with E-state index in [2.05, 4.69) is 133 Å². The van der Waals surface area contributed by atoms with Crippen molar-refractivity contribution >= 4 is 38.9 Å². The molecule has 0 saturated heterocycles. The van der Waals surface area contributed by atoms with Crippen LogP contribution in [0.3, 0.4) is 0 Å². The first kappa shape index (κ1) is 29.2. The highest BCUT2D eigenvalue weighted by Gasteiger charge is 2.43. The van der Waals surface area contributed by atoms with Crippen molar-refractivity contribution in [1.82, 2.24) is 14.5 Å². The van der Waals surface area contributed by atoms with Gasteiger partial charge in [0.15, 0.2) is 0 Å². The normalized spacial score (nSPS) is 13.5. The summed E-state index contributed by atoms with van der Waals surface area (Å²) in [7, 11) is 0. The van der Waals surface area contributed by atoms with Crippen LogP contribution in [-0.2, 0) is 5.41 Å². The highest BCUT2D eigenvalue weighted by atomic mass is 15.2. The Bertz CT molecular complexity index is 2170. The van der Waals surface area contributed by atoms with Crippen LogP contribution >= 0.6 is 0 Å². The van der Waals surface area contributed by atoms with Crippen LogP contribution in [0.5, 0.6) is 0 Å². The van der Waals surface area contributed by atoms with Crippen molar-refractivity contribution in [2.45, 2.75) is 57.8 Å². The lowest BCUT2D eigenvalue weighted by Gasteiger charge is -2.46. The number of unbranched alkanes of at least 4 members (excludes halogenated alkanes) is 2. The number of pyridine rings is 2. The second-order valence-electron chi connectivity index (χ2n) is 12.8. The summed E-state index contributed by atoms with van der Waals surface area (Å²) >= 11 is 0. The zero-order valence-electron chi connectivity index (χ0n) is 27.2. The number of nitrogens with zero attached hydrogens (tertiary/aromatic N) is 4. The molecule has 0 N–H and O–H groups in total. The van der Waals surface area contributed by atoms with Crippen molar-refractivity contribution in [1.29, 1.82) is 0 Å². The van der Waals surface area contributed by atoms with Gasteiger partial charge in [-0.25, -0.2) is 4.98 Å². The molecule has 0 aliphatic carbocycles. The Hall–Kier alpha value is -5.22. The van der Waals surface area contributed by atoms with E-state index in [9.17, 15) is 0 Å². The molecule has 0 spiro atoms. The topological polar surface area (TPSA) is 34.0 Å². The number of para-hydroxylation sites is 2. The third-order valence-corrected chi connectivity index (χ3v) is 10.1. The molecule has 4 heteroatoms. The maximum absolute atomic E-state index is 4.80. The summed E-state index contributed by atoms with van der Waals surface area (Å²) < 4.78 is 2.31. The first-order chi connectivity index (χ1) is 23.2. The molecule has 0 amide bonds. The molecule has 0 unspecified atom stereocenters. The number of hydrogen-bond donors (Lipinski definition) is 0. The number of rotatable bonds is 9. The maximum Gasteiger partial charge on any atom is 0.137 e. The zero-order valence-corrected chi connectivity index (χ0v) is 27.2. The van der Waals surface area contributed by atoms with Gasteiger partial charge in [0, 0.05) is 39.8 Å². The summed E-state index contributed by atoms with van der Waals surface area (Å²) in [6.45, 7) is 4.63. The van der Waals surface area contributed by atoms with Crippen molar-refractivity contribution in [2.75, 3.05) is 4.90 Å². The van der Waals surface area contributed by atoms with Crippen LogP contribution in [0.25, 0.3) is 38.9 Å². The summed E-state index contributed by atoms with van der Waals surface area (Å²) in [5, 5.41) is 2.46. The predicted octanol–water partition coefficient (Wildman–Crippen LogP) is 11.7. The summed E-state index contributed by atoms with van der Waals surface area (Å²) in [5.74, 6) is 0.922. The Morgan fingerprint density at radius 3 is 2.04 bits per heavy atom. The molecule has 0 saturated carbocycles. The minimum Gasteiger partial charge on any atom is -0.310 e. The molecule has 7 aromatic rings. The van der Waals surface area contributed by atoms with Crippen molar-refractivity contribution < 1.29 is 0 Å². The molecule has 4 nitrogen and oxygen atoms in total. The van der Waals surface area contributed by atoms with Crippen molar-refractivity contribution in [3.63, 3.8) is 0 Å². The lowest BCUT2D eigenvalue weighted by molar-refractivity contribution is 0.403. The van der Waals surface area contributed by atoms with Crippen LogP contribution in [0.15, 0.2) is 134 Å². The fourth-order valence-corrected chi connectivity index (χ4v) is 7.89. The van der Waals surface area contributed by atoms with E-state index in [1.165, 1.54) is 59.0 Å². The number of anilines is 3. The van der Waals surface area contributed by atoms with Gasteiger partial charge < -0.3 is 4.90 Å². The zero-order chi connectivity index (χ0) is 31.8. The summed E-state index contributed by atoms with van der Waals surface area (Å²) in [6.07, 6.45) is 10.8. The number of fused-ring (bicyclic) bond motifs is 5. The second-order valence-corrected chi connectivity index (χ2v) is 12.8. The molecular formula is C43H40N4. The monoisotopic (exact) mass is 612 g/mol. The number of hydrogen-bond acceptors (Lipinski definition) is 3. The quantitative estimate of drug-likeness (QED) is 0.163. The molecule has 4 heterocycles. The van der Waals surface area contributed by atoms with E-state index < -0.39 is 0 Å². The minimum absolute atomic E-state index is 0.0515. The van der Waals surface area contributed by atoms with E-state index in [0.717, 1.165) is 46.6 Å². The van der Waals surface area contributed by atoms with Crippen molar-refractivity contribution in [3.8, 4) is 17.1 Å². The molecule has 0 atom stereocenters. The maximum atomic E-state index is 4.80. The Balaban J connectivity index is 1.42. The number of aromatic nitrogens is 3. The molecule has 47 heavy (non-hydrogen) atoms. The molecule has 0 fully saturated rings. The van der Waals surface area contributed by atoms with E-state index in [-0.39, 0.29) is 5.41 Å². The molecule has 1 aliphatic rings. The Morgan fingerprint density at radius 2 is 1.28 bits per heavy atom. The van der Waals surface area contributed by atoms with Gasteiger partial charge >= 0.3 is 0 Å². The molecule has 0 bridgehead atoms. The van der Waals surface area contributed by atoms with Gasteiger partial charge in [-0.05, 0) is 78.6 Å². The number of benzene rings is 4. The molecule has 4 aromatic carbocycles. The Kier molecular flexibility index (Phi) is 7.57. The summed E-state index contributed by atoms with van der Waals surface area (Å²) in [4.78, 5) is 12.1. The Labute approximate surface area is 277 Å². The first-order valence-electron chi connectivity index (χ1n) is 17.1. The van der Waals surface area contributed by atoms with Crippen LogP contribution in [-0.4, -0.2) is 14.5 Å². The fraction of sp³-hybridized carbons (Fsp3) is 0.209. The molecule has 232 valence electrons. The van der Waals surface area contributed by atoms with Crippen molar-refractivity contribution in [3.05, 3.63) is 145 Å². The largest absolute Gasteiger partial charge is 0.310 e. The lowest BCUT2D eigenvalue weighted by Crippen LogP contribution is -2.35.